The van der Waals surface area contributed by atoms with Gasteiger partial charge in [-0.05, 0) is 42.7 Å². The molecule has 1 aromatic heterocycles. The predicted molar refractivity (Wildman–Crippen MR) is 135 cm³/mol. The zero-order valence-corrected chi connectivity index (χ0v) is 20.2. The van der Waals surface area contributed by atoms with Crippen LogP contribution >= 0.6 is 0 Å². The summed E-state index contributed by atoms with van der Waals surface area (Å²) in [7, 11) is -4.05. The Morgan fingerprint density at radius 1 is 0.914 bits per heavy atom. The van der Waals surface area contributed by atoms with Crippen molar-refractivity contribution in [1.29, 1.82) is 0 Å². The maximum atomic E-state index is 13.1. The second-order valence-electron chi connectivity index (χ2n) is 8.43. The molecule has 0 atom stereocenters. The van der Waals surface area contributed by atoms with Crippen LogP contribution in [0.5, 0.6) is 0 Å². The van der Waals surface area contributed by atoms with Crippen LogP contribution in [-0.4, -0.2) is 36.7 Å². The molecule has 0 aliphatic carbocycles. The number of aromatic nitrogens is 1. The fourth-order valence-electron chi connectivity index (χ4n) is 3.90. The maximum absolute atomic E-state index is 13.1. The van der Waals surface area contributed by atoms with E-state index < -0.39 is 28.3 Å². The normalized spacial score (nSPS) is 11.3. The largest absolute Gasteiger partial charge is 0.361 e. The summed E-state index contributed by atoms with van der Waals surface area (Å²) in [5.41, 5.74) is 3.91. The van der Waals surface area contributed by atoms with Crippen molar-refractivity contribution in [2.45, 2.75) is 31.2 Å². The average Bonchev–Trinajstić information content (AvgIpc) is 3.25. The van der Waals surface area contributed by atoms with Crippen molar-refractivity contribution in [2.75, 3.05) is 6.54 Å². The van der Waals surface area contributed by atoms with Crippen LogP contribution in [0, 0.1) is 6.92 Å². The molecule has 0 saturated carbocycles. The van der Waals surface area contributed by atoms with Crippen LogP contribution < -0.4 is 4.72 Å². The minimum Gasteiger partial charge on any atom is -0.361 e. The number of nitrogens with one attached hydrogen (secondary N) is 2. The van der Waals surface area contributed by atoms with E-state index in [-0.39, 0.29) is 4.90 Å². The first-order valence-corrected chi connectivity index (χ1v) is 12.8. The first-order chi connectivity index (χ1) is 16.8. The Morgan fingerprint density at radius 3 is 2.34 bits per heavy atom. The smallest absolute Gasteiger partial charge is 0.264 e. The molecule has 1 heterocycles. The van der Waals surface area contributed by atoms with E-state index >= 15 is 0 Å². The number of para-hydroxylation sites is 1. The molecule has 0 aliphatic rings. The van der Waals surface area contributed by atoms with Crippen LogP contribution in [0.15, 0.2) is 90.0 Å². The van der Waals surface area contributed by atoms with E-state index in [4.69, 9.17) is 0 Å². The van der Waals surface area contributed by atoms with Gasteiger partial charge < -0.3 is 9.88 Å². The number of hydrogen-bond donors (Lipinski definition) is 2. The van der Waals surface area contributed by atoms with Gasteiger partial charge in [0, 0.05) is 30.2 Å². The molecule has 8 heteroatoms. The molecule has 4 rings (SSSR count). The van der Waals surface area contributed by atoms with Crippen molar-refractivity contribution in [1.82, 2.24) is 14.6 Å². The lowest BCUT2D eigenvalue weighted by molar-refractivity contribution is -0.136. The summed E-state index contributed by atoms with van der Waals surface area (Å²) in [4.78, 5) is 30.4. The molecule has 35 heavy (non-hydrogen) atoms. The summed E-state index contributed by atoms with van der Waals surface area (Å²) in [5.74, 6) is -1.30. The number of nitrogens with zero attached hydrogens (tertiary/aromatic N) is 1. The number of carbonyl (C=O) groups is 2. The number of aromatic amines is 1. The van der Waals surface area contributed by atoms with Crippen LogP contribution in [0.25, 0.3) is 10.9 Å². The Kier molecular flexibility index (Phi) is 7.31. The van der Waals surface area contributed by atoms with Gasteiger partial charge >= 0.3 is 0 Å². The quantitative estimate of drug-likeness (QED) is 0.348. The summed E-state index contributed by atoms with van der Waals surface area (Å²) in [6.45, 7) is 2.54. The zero-order valence-electron chi connectivity index (χ0n) is 19.4. The van der Waals surface area contributed by atoms with Gasteiger partial charge in [0.2, 0.25) is 11.8 Å². The van der Waals surface area contributed by atoms with Gasteiger partial charge in [-0.25, -0.2) is 13.1 Å². The fourth-order valence-corrected chi connectivity index (χ4v) is 4.89. The number of fused-ring (bicyclic) bond motifs is 1. The van der Waals surface area contributed by atoms with Crippen molar-refractivity contribution >= 4 is 32.7 Å². The second kappa shape index (κ2) is 10.6. The summed E-state index contributed by atoms with van der Waals surface area (Å²) < 4.78 is 27.1. The number of rotatable bonds is 9. The molecule has 0 aliphatic heterocycles. The molecular weight excluding hydrogens is 462 g/mol. The number of benzene rings is 3. The summed E-state index contributed by atoms with van der Waals surface area (Å²) in [6, 6.07) is 23.6. The molecule has 0 bridgehead atoms. The molecule has 0 spiro atoms. The van der Waals surface area contributed by atoms with Gasteiger partial charge in [0.15, 0.2) is 0 Å². The van der Waals surface area contributed by atoms with E-state index in [0.29, 0.717) is 19.5 Å². The van der Waals surface area contributed by atoms with Crippen molar-refractivity contribution in [3.8, 4) is 0 Å². The topological polar surface area (TPSA) is 99.3 Å². The van der Waals surface area contributed by atoms with Crippen molar-refractivity contribution in [3.63, 3.8) is 0 Å². The number of carbonyl (C=O) groups excluding carboxylic acids is 2. The molecule has 2 N–H and O–H groups in total. The third-order valence-electron chi connectivity index (χ3n) is 5.79. The molecule has 7 nitrogen and oxygen atoms in total. The van der Waals surface area contributed by atoms with Crippen molar-refractivity contribution < 1.29 is 18.0 Å². The maximum Gasteiger partial charge on any atom is 0.264 e. The van der Waals surface area contributed by atoms with Gasteiger partial charge in [-0.2, -0.15) is 0 Å². The van der Waals surface area contributed by atoms with E-state index in [1.54, 1.807) is 17.0 Å². The number of aryl methyl sites for hydroxylation is 1. The zero-order chi connectivity index (χ0) is 24.8. The number of H-pyrrole nitrogens is 1. The van der Waals surface area contributed by atoms with Gasteiger partial charge in [-0.15, -0.1) is 0 Å². The molecule has 0 fully saturated rings. The number of sulfonamides is 1. The standard InChI is InChI=1S/C27H27N3O4S/c1-20-11-13-23(14-12-20)35(33,34)29-26(31)17-27(32)30(19-21-7-3-2-4-8-21)16-15-22-18-28-25-10-6-5-9-24(22)25/h2-14,18,28H,15-17,19H2,1H3,(H,29,31). The molecule has 0 radical (unpaired) electrons. The van der Waals surface area contributed by atoms with Gasteiger partial charge in [0.25, 0.3) is 10.0 Å². The van der Waals surface area contributed by atoms with Gasteiger partial charge in [-0.1, -0.05) is 66.2 Å². The van der Waals surface area contributed by atoms with Gasteiger partial charge in [0.05, 0.1) is 4.90 Å². The van der Waals surface area contributed by atoms with E-state index in [1.807, 2.05) is 72.4 Å². The second-order valence-corrected chi connectivity index (χ2v) is 10.1. The van der Waals surface area contributed by atoms with Crippen LogP contribution in [-0.2, 0) is 32.6 Å². The Balaban J connectivity index is 1.46. The Bertz CT molecular complexity index is 1430. The molecule has 4 aromatic rings. The van der Waals surface area contributed by atoms with Gasteiger partial charge in [0.1, 0.15) is 6.42 Å². The van der Waals surface area contributed by atoms with E-state index in [9.17, 15) is 18.0 Å². The fraction of sp³-hybridized carbons (Fsp3) is 0.185. The third-order valence-corrected chi connectivity index (χ3v) is 7.18. The van der Waals surface area contributed by atoms with Crippen molar-refractivity contribution in [3.05, 3.63) is 102 Å². The molecule has 2 amide bonds. The van der Waals surface area contributed by atoms with Crippen LogP contribution in [0.4, 0.5) is 0 Å². The summed E-state index contributed by atoms with van der Waals surface area (Å²) >= 11 is 0. The minimum absolute atomic E-state index is 0.0237. The van der Waals surface area contributed by atoms with Crippen molar-refractivity contribution in [2.24, 2.45) is 0 Å². The number of hydrogen-bond acceptors (Lipinski definition) is 4. The lowest BCUT2D eigenvalue weighted by Crippen LogP contribution is -2.38. The molecular formula is C27H27N3O4S. The Labute approximate surface area is 204 Å². The average molecular weight is 490 g/mol. The Morgan fingerprint density at radius 2 is 1.60 bits per heavy atom. The molecule has 0 unspecified atom stereocenters. The molecule has 0 saturated heterocycles. The first-order valence-electron chi connectivity index (χ1n) is 11.3. The highest BCUT2D eigenvalue weighted by molar-refractivity contribution is 7.90. The van der Waals surface area contributed by atoms with E-state index in [2.05, 4.69) is 4.98 Å². The van der Waals surface area contributed by atoms with Gasteiger partial charge in [-0.3, -0.25) is 9.59 Å². The SMILES string of the molecule is Cc1ccc(S(=O)(=O)NC(=O)CC(=O)N(CCc2c[nH]c3ccccc23)Cc2ccccc2)cc1. The van der Waals surface area contributed by atoms with Crippen LogP contribution in [0.1, 0.15) is 23.1 Å². The minimum atomic E-state index is -4.05. The summed E-state index contributed by atoms with van der Waals surface area (Å²) in [5, 5.41) is 1.08. The summed E-state index contributed by atoms with van der Waals surface area (Å²) in [6.07, 6.45) is 1.95. The monoisotopic (exact) mass is 489 g/mol. The third kappa shape index (κ3) is 6.16. The Hall–Kier alpha value is -3.91. The highest BCUT2D eigenvalue weighted by Gasteiger charge is 2.23. The number of amides is 2. The highest BCUT2D eigenvalue weighted by atomic mass is 32.2. The highest BCUT2D eigenvalue weighted by Crippen LogP contribution is 2.19. The van der Waals surface area contributed by atoms with Crippen LogP contribution in [0.2, 0.25) is 0 Å². The van der Waals surface area contributed by atoms with E-state index in [1.165, 1.54) is 12.1 Å². The first kappa shape index (κ1) is 24.2. The lowest BCUT2D eigenvalue weighted by Gasteiger charge is -2.23. The predicted octanol–water partition coefficient (Wildman–Crippen LogP) is 3.94. The molecule has 3 aromatic carbocycles. The van der Waals surface area contributed by atoms with E-state index in [0.717, 1.165) is 27.6 Å². The molecule has 180 valence electrons. The van der Waals surface area contributed by atoms with Crippen LogP contribution in [0.3, 0.4) is 0 Å². The lowest BCUT2D eigenvalue weighted by atomic mass is 10.1.